The van der Waals surface area contributed by atoms with Crippen molar-refractivity contribution in [2.45, 2.75) is 31.8 Å². The highest BCUT2D eigenvalue weighted by Crippen LogP contribution is 2.50. The molecule has 3 aliphatic rings. The zero-order chi connectivity index (χ0) is 22.7. The lowest BCUT2D eigenvalue weighted by atomic mass is 9.73. The second kappa shape index (κ2) is 7.43. The van der Waals surface area contributed by atoms with Gasteiger partial charge in [0, 0.05) is 36.3 Å². The first-order valence-electron chi connectivity index (χ1n) is 12.1. The zero-order valence-corrected chi connectivity index (χ0v) is 19.0. The molecule has 1 aliphatic carbocycles. The van der Waals surface area contributed by atoms with Crippen LogP contribution in [0.2, 0.25) is 0 Å². The first-order chi connectivity index (χ1) is 16.7. The highest BCUT2D eigenvalue weighted by atomic mass is 15.2. The molecule has 1 atom stereocenters. The topological polar surface area (TPSA) is 80.3 Å². The molecule has 2 N–H and O–H groups in total. The number of hydrogen-bond acceptors (Lipinski definition) is 6. The molecule has 168 valence electrons. The van der Waals surface area contributed by atoms with Crippen LogP contribution in [0.15, 0.2) is 72.0 Å². The maximum atomic E-state index is 6.76. The third kappa shape index (κ3) is 2.91. The summed E-state index contributed by atoms with van der Waals surface area (Å²) in [6.45, 7) is 2.48. The van der Waals surface area contributed by atoms with Gasteiger partial charge in [0.2, 0.25) is 0 Å². The van der Waals surface area contributed by atoms with Crippen LogP contribution in [0.3, 0.4) is 0 Å². The fourth-order valence-corrected chi connectivity index (χ4v) is 6.12. The Balaban J connectivity index is 1.13. The zero-order valence-electron chi connectivity index (χ0n) is 19.0. The van der Waals surface area contributed by atoms with Crippen molar-refractivity contribution >= 4 is 22.4 Å². The Bertz CT molecular complexity index is 1450. The minimum Gasteiger partial charge on any atom is -0.355 e. The van der Waals surface area contributed by atoms with Crippen molar-refractivity contribution in [2.75, 3.05) is 18.0 Å². The van der Waals surface area contributed by atoms with E-state index in [1.807, 2.05) is 30.6 Å². The molecule has 0 amide bonds. The standard InChI is InChI=1S/C28H26N6/c29-27-19-6-2-1-5-18(19)15-28(27)10-13-34(14-11-28)24-17-32-26-23(33-24)16-31-25(26)21-7-3-9-22-20(21)8-4-12-30-22/h1-9,12,17,27H,10-11,13-16,29H2/t27-/m1/s1. The second-order valence-corrected chi connectivity index (χ2v) is 9.77. The first kappa shape index (κ1) is 19.8. The summed E-state index contributed by atoms with van der Waals surface area (Å²) in [5, 5.41) is 1.10. The van der Waals surface area contributed by atoms with E-state index in [1.165, 1.54) is 11.1 Å². The van der Waals surface area contributed by atoms with E-state index in [-0.39, 0.29) is 11.5 Å². The molecule has 4 heterocycles. The van der Waals surface area contributed by atoms with Gasteiger partial charge in [-0.15, -0.1) is 0 Å². The number of rotatable bonds is 2. The smallest absolute Gasteiger partial charge is 0.147 e. The van der Waals surface area contributed by atoms with Gasteiger partial charge in [-0.1, -0.05) is 42.5 Å². The third-order valence-electron chi connectivity index (χ3n) is 8.02. The van der Waals surface area contributed by atoms with E-state index in [0.717, 1.165) is 71.7 Å². The van der Waals surface area contributed by atoms with Crippen molar-refractivity contribution in [3.63, 3.8) is 0 Å². The second-order valence-electron chi connectivity index (χ2n) is 9.77. The van der Waals surface area contributed by atoms with Crippen molar-refractivity contribution in [3.05, 3.63) is 95.1 Å². The van der Waals surface area contributed by atoms with Crippen LogP contribution in [-0.4, -0.2) is 33.8 Å². The number of fused-ring (bicyclic) bond motifs is 3. The Morgan fingerprint density at radius 3 is 2.71 bits per heavy atom. The summed E-state index contributed by atoms with van der Waals surface area (Å²) in [7, 11) is 0. The molecule has 0 radical (unpaired) electrons. The van der Waals surface area contributed by atoms with Crippen LogP contribution < -0.4 is 10.6 Å². The number of aliphatic imine (C=N–C) groups is 1. The largest absolute Gasteiger partial charge is 0.355 e. The number of nitrogens with two attached hydrogens (primary N) is 1. The number of anilines is 1. The van der Waals surface area contributed by atoms with E-state index in [1.54, 1.807) is 0 Å². The Morgan fingerprint density at radius 1 is 0.941 bits per heavy atom. The van der Waals surface area contributed by atoms with Gasteiger partial charge in [-0.25, -0.2) is 9.97 Å². The Morgan fingerprint density at radius 2 is 1.82 bits per heavy atom. The highest BCUT2D eigenvalue weighted by Gasteiger charge is 2.46. The van der Waals surface area contributed by atoms with Gasteiger partial charge < -0.3 is 10.6 Å². The minimum atomic E-state index is 0.128. The van der Waals surface area contributed by atoms with E-state index in [4.69, 9.17) is 20.7 Å². The number of aromatic nitrogens is 3. The monoisotopic (exact) mass is 446 g/mol. The summed E-state index contributed by atoms with van der Waals surface area (Å²) in [5.74, 6) is 0.953. The SMILES string of the molecule is N[C@@H]1c2ccccc2CC12CCN(c1cnc3c(n1)CN=C3c1cccc3ncccc13)CC2. The summed E-state index contributed by atoms with van der Waals surface area (Å²) in [6, 6.07) is 19.0. The fraction of sp³-hybridized carbons (Fsp3) is 0.286. The molecule has 34 heavy (non-hydrogen) atoms. The number of pyridine rings is 1. The molecule has 6 nitrogen and oxygen atoms in total. The molecule has 2 aromatic heterocycles. The van der Waals surface area contributed by atoms with Crippen LogP contribution in [0.25, 0.3) is 10.9 Å². The van der Waals surface area contributed by atoms with Gasteiger partial charge >= 0.3 is 0 Å². The van der Waals surface area contributed by atoms with Crippen LogP contribution in [0.1, 0.15) is 47.0 Å². The minimum absolute atomic E-state index is 0.128. The van der Waals surface area contributed by atoms with Gasteiger partial charge in [0.25, 0.3) is 0 Å². The number of piperidine rings is 1. The molecule has 4 aromatic rings. The summed E-state index contributed by atoms with van der Waals surface area (Å²) in [4.78, 5) is 21.5. The molecule has 2 aromatic carbocycles. The normalized spacial score (nSPS) is 20.4. The van der Waals surface area contributed by atoms with Crippen molar-refractivity contribution in [1.82, 2.24) is 15.0 Å². The van der Waals surface area contributed by atoms with Crippen LogP contribution in [0.5, 0.6) is 0 Å². The predicted octanol–water partition coefficient (Wildman–Crippen LogP) is 4.22. The molecule has 7 rings (SSSR count). The van der Waals surface area contributed by atoms with Gasteiger partial charge in [0.15, 0.2) is 0 Å². The molecule has 6 heteroatoms. The van der Waals surface area contributed by atoms with Crippen molar-refractivity contribution in [3.8, 4) is 0 Å². The van der Waals surface area contributed by atoms with Crippen LogP contribution >= 0.6 is 0 Å². The summed E-state index contributed by atoms with van der Waals surface area (Å²) in [5.41, 5.74) is 14.5. The molecule has 1 fully saturated rings. The molecular weight excluding hydrogens is 420 g/mol. The lowest BCUT2D eigenvalue weighted by Crippen LogP contribution is -2.44. The van der Waals surface area contributed by atoms with E-state index in [2.05, 4.69) is 46.3 Å². The molecule has 0 unspecified atom stereocenters. The first-order valence-corrected chi connectivity index (χ1v) is 12.1. The van der Waals surface area contributed by atoms with Crippen molar-refractivity contribution in [2.24, 2.45) is 16.1 Å². The van der Waals surface area contributed by atoms with Gasteiger partial charge in [0.1, 0.15) is 11.5 Å². The average Bonchev–Trinajstić information content (AvgIpc) is 3.43. The molecule has 0 saturated carbocycles. The maximum Gasteiger partial charge on any atom is 0.147 e. The third-order valence-corrected chi connectivity index (χ3v) is 8.02. The quantitative estimate of drug-likeness (QED) is 0.499. The predicted molar refractivity (Wildman–Crippen MR) is 134 cm³/mol. The molecule has 0 bridgehead atoms. The molecule has 1 spiro atoms. The van der Waals surface area contributed by atoms with Crippen molar-refractivity contribution < 1.29 is 0 Å². The van der Waals surface area contributed by atoms with Gasteiger partial charge in [-0.2, -0.15) is 0 Å². The van der Waals surface area contributed by atoms with E-state index < -0.39 is 0 Å². The number of hydrogen-bond donors (Lipinski definition) is 1. The highest BCUT2D eigenvalue weighted by molar-refractivity contribution is 6.19. The summed E-state index contributed by atoms with van der Waals surface area (Å²) < 4.78 is 0. The molecular formula is C28H26N6. The lowest BCUT2D eigenvalue weighted by Gasteiger charge is -2.42. The fourth-order valence-electron chi connectivity index (χ4n) is 6.12. The number of benzene rings is 2. The average molecular weight is 447 g/mol. The van der Waals surface area contributed by atoms with Crippen molar-refractivity contribution in [1.29, 1.82) is 0 Å². The van der Waals surface area contributed by atoms with Crippen LogP contribution in [0, 0.1) is 5.41 Å². The number of nitrogens with zero attached hydrogens (tertiary/aromatic N) is 5. The summed E-state index contributed by atoms with van der Waals surface area (Å²) in [6.07, 6.45) is 6.98. The summed E-state index contributed by atoms with van der Waals surface area (Å²) >= 11 is 0. The molecule has 2 aliphatic heterocycles. The van der Waals surface area contributed by atoms with Gasteiger partial charge in [-0.3, -0.25) is 9.98 Å². The van der Waals surface area contributed by atoms with E-state index in [0.29, 0.717) is 6.54 Å². The van der Waals surface area contributed by atoms with Crippen LogP contribution in [-0.2, 0) is 13.0 Å². The Labute approximate surface area is 198 Å². The maximum absolute atomic E-state index is 6.76. The van der Waals surface area contributed by atoms with E-state index >= 15 is 0 Å². The van der Waals surface area contributed by atoms with E-state index in [9.17, 15) is 0 Å². The molecule has 1 saturated heterocycles. The van der Waals surface area contributed by atoms with Gasteiger partial charge in [-0.05, 0) is 47.9 Å². The van der Waals surface area contributed by atoms with Gasteiger partial charge in [0.05, 0.1) is 29.7 Å². The Kier molecular flexibility index (Phi) is 4.33. The van der Waals surface area contributed by atoms with Crippen LogP contribution in [0.4, 0.5) is 5.82 Å². The lowest BCUT2D eigenvalue weighted by molar-refractivity contribution is 0.187. The Hall–Kier alpha value is -3.64.